The van der Waals surface area contributed by atoms with Gasteiger partial charge in [-0.25, -0.2) is 18.4 Å². The van der Waals surface area contributed by atoms with Crippen LogP contribution < -0.4 is 14.8 Å². The third kappa shape index (κ3) is 6.44. The number of carbonyl (C=O) groups is 1. The lowest BCUT2D eigenvalue weighted by Gasteiger charge is -2.14. The van der Waals surface area contributed by atoms with Crippen LogP contribution in [0.25, 0.3) is 0 Å². The zero-order chi connectivity index (χ0) is 26.7. The minimum Gasteiger partial charge on any atom is -0.456 e. The second kappa shape index (κ2) is 11.1. The Morgan fingerprint density at radius 1 is 0.892 bits per heavy atom. The van der Waals surface area contributed by atoms with Crippen molar-refractivity contribution in [1.29, 1.82) is 0 Å². The monoisotopic (exact) mass is 596 g/mol. The molecule has 4 aromatic rings. The number of nitrogens with zero attached hydrogens (tertiary/aromatic N) is 2. The molecule has 4 rings (SSSR count). The van der Waals surface area contributed by atoms with Gasteiger partial charge in [0, 0.05) is 5.02 Å². The highest BCUT2D eigenvalue weighted by atomic mass is 35.5. The maximum absolute atomic E-state index is 13.1. The van der Waals surface area contributed by atoms with E-state index in [0.29, 0.717) is 22.3 Å². The van der Waals surface area contributed by atoms with Crippen LogP contribution in [0.4, 0.5) is 11.4 Å². The van der Waals surface area contributed by atoms with E-state index in [-0.39, 0.29) is 37.2 Å². The summed E-state index contributed by atoms with van der Waals surface area (Å²) in [6.07, 6.45) is 0. The lowest BCUT2D eigenvalue weighted by Crippen LogP contribution is -2.19. The van der Waals surface area contributed by atoms with Crippen molar-refractivity contribution in [2.45, 2.75) is 11.8 Å². The Morgan fingerprint density at radius 2 is 1.54 bits per heavy atom. The second-order valence-corrected chi connectivity index (χ2v) is 10.7. The van der Waals surface area contributed by atoms with Crippen LogP contribution in [0.1, 0.15) is 16.2 Å². The average Bonchev–Trinajstić information content (AvgIpc) is 2.84. The number of ether oxygens (including phenoxy) is 1. The van der Waals surface area contributed by atoms with Crippen molar-refractivity contribution >= 4 is 73.7 Å². The van der Waals surface area contributed by atoms with Gasteiger partial charge in [0.2, 0.25) is 0 Å². The van der Waals surface area contributed by atoms with Crippen molar-refractivity contribution in [3.8, 4) is 11.5 Å². The molecule has 0 radical (unpaired) electrons. The van der Waals surface area contributed by atoms with Gasteiger partial charge in [0.05, 0.1) is 21.2 Å². The second-order valence-electron chi connectivity index (χ2n) is 7.48. The zero-order valence-electron chi connectivity index (χ0n) is 18.8. The van der Waals surface area contributed by atoms with E-state index in [4.69, 9.17) is 51.1 Å². The fourth-order valence-corrected chi connectivity index (χ4v) is 5.12. The van der Waals surface area contributed by atoms with Gasteiger partial charge in [0.25, 0.3) is 15.9 Å². The number of aromatic nitrogens is 2. The molecule has 1 heterocycles. The van der Waals surface area contributed by atoms with Crippen molar-refractivity contribution in [2.75, 3.05) is 10.0 Å². The molecule has 3 aromatic carbocycles. The van der Waals surface area contributed by atoms with Crippen molar-refractivity contribution in [2.24, 2.45) is 0 Å². The summed E-state index contributed by atoms with van der Waals surface area (Å²) >= 11 is 24.4. The summed E-state index contributed by atoms with van der Waals surface area (Å²) in [6.45, 7) is 1.59. The number of carbonyl (C=O) groups excluding carboxylic acids is 1. The molecule has 0 bridgehead atoms. The number of nitrogens with one attached hydrogen (secondary N) is 2. The molecule has 1 amide bonds. The van der Waals surface area contributed by atoms with Crippen molar-refractivity contribution in [3.05, 3.63) is 98.5 Å². The Bertz CT molecular complexity index is 1580. The SMILES string of the molecule is Cc1nc(Cl)c(NC(=O)c2cc(Cl)ccc2NS(=O)(=O)c2ccc(Oc3ccccc3Cl)cc2)c(Cl)n1. The molecule has 13 heteroatoms. The van der Waals surface area contributed by atoms with Crippen LogP contribution in [0.2, 0.25) is 20.4 Å². The molecule has 190 valence electrons. The predicted molar refractivity (Wildman–Crippen MR) is 145 cm³/mol. The standard InChI is InChI=1S/C24H16Cl4N4O4S/c1-13-29-22(27)21(23(28)30-13)31-24(33)17-12-14(25)6-11-19(17)32-37(34,35)16-9-7-15(8-10-16)36-20-5-3-2-4-18(20)26/h2-12,32H,1H3,(H,31,33). The van der Waals surface area contributed by atoms with E-state index < -0.39 is 15.9 Å². The number of anilines is 2. The molecule has 2 N–H and O–H groups in total. The summed E-state index contributed by atoms with van der Waals surface area (Å²) in [5.74, 6) is 0.383. The van der Waals surface area contributed by atoms with Gasteiger partial charge in [-0.3, -0.25) is 9.52 Å². The van der Waals surface area contributed by atoms with Crippen LogP contribution in [-0.4, -0.2) is 24.3 Å². The minimum absolute atomic E-state index is 0.0261. The third-order valence-electron chi connectivity index (χ3n) is 4.84. The molecular formula is C24H16Cl4N4O4S. The van der Waals surface area contributed by atoms with Crippen LogP contribution in [0, 0.1) is 6.92 Å². The third-order valence-corrected chi connectivity index (χ3v) is 7.32. The van der Waals surface area contributed by atoms with Crippen LogP contribution in [0.3, 0.4) is 0 Å². The van der Waals surface area contributed by atoms with Gasteiger partial charge in [-0.1, -0.05) is 58.5 Å². The Hall–Kier alpha value is -3.08. The summed E-state index contributed by atoms with van der Waals surface area (Å²) in [5.41, 5.74) is -0.136. The molecular weight excluding hydrogens is 582 g/mol. The highest BCUT2D eigenvalue weighted by molar-refractivity contribution is 7.92. The van der Waals surface area contributed by atoms with Crippen LogP contribution >= 0.6 is 46.4 Å². The Balaban J connectivity index is 1.57. The van der Waals surface area contributed by atoms with E-state index in [1.807, 2.05) is 0 Å². The summed E-state index contributed by atoms with van der Waals surface area (Å²) in [5, 5.41) is 2.96. The van der Waals surface area contributed by atoms with E-state index in [9.17, 15) is 13.2 Å². The average molecular weight is 598 g/mol. The molecule has 8 nitrogen and oxygen atoms in total. The first-order chi connectivity index (χ1) is 17.5. The molecule has 0 saturated heterocycles. The van der Waals surface area contributed by atoms with Crippen molar-refractivity contribution < 1.29 is 17.9 Å². The summed E-state index contributed by atoms with van der Waals surface area (Å²) in [6, 6.07) is 16.6. The lowest BCUT2D eigenvalue weighted by molar-refractivity contribution is 0.102. The number of hydrogen-bond acceptors (Lipinski definition) is 6. The molecule has 0 aliphatic heterocycles. The van der Waals surface area contributed by atoms with Gasteiger partial charge in [-0.05, 0) is 61.5 Å². The molecule has 0 fully saturated rings. The highest BCUT2D eigenvalue weighted by Gasteiger charge is 2.22. The number of benzene rings is 3. The van der Waals surface area contributed by atoms with E-state index in [2.05, 4.69) is 20.0 Å². The van der Waals surface area contributed by atoms with Gasteiger partial charge in [0.1, 0.15) is 23.0 Å². The number of hydrogen-bond donors (Lipinski definition) is 2. The summed E-state index contributed by atoms with van der Waals surface area (Å²) < 4.78 is 34.3. The first-order valence-corrected chi connectivity index (χ1v) is 13.4. The molecule has 0 aliphatic rings. The van der Waals surface area contributed by atoms with Crippen molar-refractivity contribution in [1.82, 2.24) is 9.97 Å². The summed E-state index contributed by atoms with van der Waals surface area (Å²) in [7, 11) is -4.11. The first kappa shape index (κ1) is 27.0. The van der Waals surface area contributed by atoms with E-state index in [0.717, 1.165) is 0 Å². The number of rotatable bonds is 7. The van der Waals surface area contributed by atoms with Crippen LogP contribution in [-0.2, 0) is 10.0 Å². The topological polar surface area (TPSA) is 110 Å². The maximum Gasteiger partial charge on any atom is 0.261 e. The van der Waals surface area contributed by atoms with E-state index in [1.165, 1.54) is 42.5 Å². The predicted octanol–water partition coefficient (Wildman–Crippen LogP) is 7.24. The van der Waals surface area contributed by atoms with Gasteiger partial charge in [0.15, 0.2) is 10.3 Å². The first-order valence-electron chi connectivity index (χ1n) is 10.4. The molecule has 1 aromatic heterocycles. The maximum atomic E-state index is 13.1. The van der Waals surface area contributed by atoms with E-state index >= 15 is 0 Å². The minimum atomic E-state index is -4.11. The van der Waals surface area contributed by atoms with Gasteiger partial charge >= 0.3 is 0 Å². The van der Waals surface area contributed by atoms with Gasteiger partial charge < -0.3 is 10.1 Å². The number of amides is 1. The fourth-order valence-electron chi connectivity index (χ4n) is 3.13. The number of halogens is 4. The van der Waals surface area contributed by atoms with Gasteiger partial charge in [-0.2, -0.15) is 0 Å². The molecule has 0 spiro atoms. The zero-order valence-corrected chi connectivity index (χ0v) is 22.6. The number of para-hydroxylation sites is 1. The Labute approximate surface area is 232 Å². The Kier molecular flexibility index (Phi) is 8.11. The number of sulfonamides is 1. The fraction of sp³-hybridized carbons (Fsp3) is 0.0417. The van der Waals surface area contributed by atoms with Crippen LogP contribution in [0.15, 0.2) is 71.6 Å². The lowest BCUT2D eigenvalue weighted by atomic mass is 10.1. The van der Waals surface area contributed by atoms with E-state index in [1.54, 1.807) is 31.2 Å². The smallest absolute Gasteiger partial charge is 0.261 e. The highest BCUT2D eigenvalue weighted by Crippen LogP contribution is 2.31. The molecule has 0 aliphatic carbocycles. The summed E-state index contributed by atoms with van der Waals surface area (Å²) in [4.78, 5) is 20.9. The molecule has 0 saturated carbocycles. The van der Waals surface area contributed by atoms with Crippen LogP contribution in [0.5, 0.6) is 11.5 Å². The largest absolute Gasteiger partial charge is 0.456 e. The normalized spacial score (nSPS) is 11.2. The van der Waals surface area contributed by atoms with Gasteiger partial charge in [-0.15, -0.1) is 0 Å². The quantitative estimate of drug-likeness (QED) is 0.217. The molecule has 0 atom stereocenters. The molecule has 37 heavy (non-hydrogen) atoms. The Morgan fingerprint density at radius 3 is 2.19 bits per heavy atom. The number of aryl methyl sites for hydroxylation is 1. The molecule has 0 unspecified atom stereocenters. The van der Waals surface area contributed by atoms with Crippen molar-refractivity contribution in [3.63, 3.8) is 0 Å².